The number of hydrogen-bond acceptors (Lipinski definition) is 5. The Bertz CT molecular complexity index is 1030. The highest BCUT2D eigenvalue weighted by atomic mass is 32.2. The van der Waals surface area contributed by atoms with Crippen LogP contribution >= 0.6 is 11.8 Å². The second-order valence-corrected chi connectivity index (χ2v) is 8.33. The molecule has 0 saturated heterocycles. The van der Waals surface area contributed by atoms with E-state index in [1.807, 2.05) is 66.4 Å². The molecule has 0 bridgehead atoms. The quantitative estimate of drug-likeness (QED) is 0.595. The molecule has 5 rings (SSSR count). The summed E-state index contributed by atoms with van der Waals surface area (Å²) in [4.78, 5) is 15.3. The van der Waals surface area contributed by atoms with E-state index in [2.05, 4.69) is 14.8 Å². The lowest BCUT2D eigenvalue weighted by molar-refractivity contribution is -0.117. The molecule has 0 unspecified atom stereocenters. The molecule has 1 atom stereocenters. The predicted molar refractivity (Wildman–Crippen MR) is 112 cm³/mol. The maximum Gasteiger partial charge on any atom is 0.238 e. The highest BCUT2D eigenvalue weighted by Gasteiger charge is 2.34. The fourth-order valence-electron chi connectivity index (χ4n) is 3.82. The van der Waals surface area contributed by atoms with Gasteiger partial charge in [0.2, 0.25) is 5.91 Å². The van der Waals surface area contributed by atoms with Crippen molar-refractivity contribution >= 4 is 23.4 Å². The summed E-state index contributed by atoms with van der Waals surface area (Å²) >= 11 is 1.47. The molecule has 3 aromatic rings. The zero-order valence-corrected chi connectivity index (χ0v) is 17.0. The Morgan fingerprint density at radius 2 is 1.86 bits per heavy atom. The van der Waals surface area contributed by atoms with E-state index in [0.29, 0.717) is 18.4 Å². The van der Waals surface area contributed by atoms with E-state index in [-0.39, 0.29) is 11.9 Å². The summed E-state index contributed by atoms with van der Waals surface area (Å²) < 4.78 is 8.14. The van der Waals surface area contributed by atoms with E-state index in [9.17, 15) is 4.79 Å². The number of aryl methyl sites for hydroxylation is 1. The van der Waals surface area contributed by atoms with Crippen molar-refractivity contribution < 1.29 is 9.53 Å². The number of nitrogens with zero attached hydrogens (tertiary/aromatic N) is 4. The molecule has 1 saturated carbocycles. The first-order valence-electron chi connectivity index (χ1n) is 9.85. The number of hydrogen-bond donors (Lipinski definition) is 0. The van der Waals surface area contributed by atoms with Crippen molar-refractivity contribution in [3.05, 3.63) is 66.0 Å². The highest BCUT2D eigenvalue weighted by Crippen LogP contribution is 2.41. The minimum atomic E-state index is -0.151. The van der Waals surface area contributed by atoms with Crippen LogP contribution in [0.2, 0.25) is 0 Å². The van der Waals surface area contributed by atoms with E-state index in [1.54, 1.807) is 0 Å². The van der Waals surface area contributed by atoms with Crippen LogP contribution in [0.15, 0.2) is 59.8 Å². The summed E-state index contributed by atoms with van der Waals surface area (Å²) in [5.41, 5.74) is 1.88. The van der Waals surface area contributed by atoms with Crippen molar-refractivity contribution in [2.24, 2.45) is 0 Å². The molecule has 0 radical (unpaired) electrons. The Labute approximate surface area is 173 Å². The normalized spacial score (nSPS) is 18.2. The van der Waals surface area contributed by atoms with Gasteiger partial charge in [0.05, 0.1) is 17.5 Å². The zero-order valence-electron chi connectivity index (χ0n) is 16.2. The van der Waals surface area contributed by atoms with Gasteiger partial charge in [0.1, 0.15) is 18.2 Å². The van der Waals surface area contributed by atoms with Crippen molar-refractivity contribution in [2.45, 2.75) is 37.0 Å². The van der Waals surface area contributed by atoms with Gasteiger partial charge in [-0.05, 0) is 37.5 Å². The number of carbonyl (C=O) groups excluding carboxylic acids is 1. The lowest BCUT2D eigenvalue weighted by Crippen LogP contribution is -2.42. The van der Waals surface area contributed by atoms with Gasteiger partial charge in [-0.15, -0.1) is 10.2 Å². The van der Waals surface area contributed by atoms with Gasteiger partial charge in [0.25, 0.3) is 0 Å². The number of ether oxygens (including phenoxy) is 1. The largest absolute Gasteiger partial charge is 0.489 e. The Morgan fingerprint density at radius 3 is 2.66 bits per heavy atom. The summed E-state index contributed by atoms with van der Waals surface area (Å²) in [6.45, 7) is 2.41. The molecule has 1 aliphatic carbocycles. The molecule has 29 heavy (non-hydrogen) atoms. The van der Waals surface area contributed by atoms with Crippen LogP contribution in [-0.4, -0.2) is 33.0 Å². The lowest BCUT2D eigenvalue weighted by atomic mass is 10.0. The van der Waals surface area contributed by atoms with Crippen LogP contribution in [0.4, 0.5) is 5.69 Å². The first-order valence-corrected chi connectivity index (χ1v) is 10.8. The third-order valence-electron chi connectivity index (χ3n) is 5.36. The first kappa shape index (κ1) is 18.2. The SMILES string of the molecule is Cc1nnc(SCC(=O)N2c3ccccc3OC[C@H]2c2ccccc2)n1C1CC1. The van der Waals surface area contributed by atoms with Crippen LogP contribution in [0.1, 0.15) is 36.3 Å². The van der Waals surface area contributed by atoms with Crippen molar-refractivity contribution in [1.82, 2.24) is 14.8 Å². The van der Waals surface area contributed by atoms with E-state index >= 15 is 0 Å². The fraction of sp³-hybridized carbons (Fsp3) is 0.318. The fourth-order valence-corrected chi connectivity index (χ4v) is 4.73. The molecular weight excluding hydrogens is 384 g/mol. The minimum absolute atomic E-state index is 0.0441. The zero-order chi connectivity index (χ0) is 19.8. The number of rotatable bonds is 5. The first-order chi connectivity index (χ1) is 14.2. The van der Waals surface area contributed by atoms with Gasteiger partial charge in [-0.3, -0.25) is 9.69 Å². The van der Waals surface area contributed by atoms with Gasteiger partial charge in [0, 0.05) is 6.04 Å². The summed E-state index contributed by atoms with van der Waals surface area (Å²) in [5.74, 6) is 2.02. The van der Waals surface area contributed by atoms with Gasteiger partial charge in [-0.25, -0.2) is 0 Å². The third kappa shape index (κ3) is 3.51. The maximum absolute atomic E-state index is 13.4. The number of thioether (sulfide) groups is 1. The lowest BCUT2D eigenvalue weighted by Gasteiger charge is -2.37. The number of anilines is 1. The molecule has 2 aromatic carbocycles. The van der Waals surface area contributed by atoms with Crippen LogP contribution in [0, 0.1) is 6.92 Å². The van der Waals surface area contributed by atoms with Gasteiger partial charge in [0.15, 0.2) is 5.16 Å². The molecule has 2 aliphatic rings. The molecule has 148 valence electrons. The Balaban J connectivity index is 1.42. The number of benzene rings is 2. The molecule has 0 spiro atoms. The standard InChI is InChI=1S/C22H22N4O2S/c1-15-23-24-22(25(15)17-11-12-17)29-14-21(27)26-18-9-5-6-10-20(18)28-13-19(26)16-7-3-2-4-8-16/h2-10,17,19H,11-14H2,1H3/t19-/m0/s1. The topological polar surface area (TPSA) is 60.3 Å². The second-order valence-electron chi connectivity index (χ2n) is 7.39. The number of para-hydroxylation sites is 2. The summed E-state index contributed by atoms with van der Waals surface area (Å²) in [6, 6.07) is 18.1. The monoisotopic (exact) mass is 406 g/mol. The van der Waals surface area contributed by atoms with Gasteiger partial charge < -0.3 is 9.30 Å². The van der Waals surface area contributed by atoms with Crippen LogP contribution in [0.25, 0.3) is 0 Å². The summed E-state index contributed by atoms with van der Waals surface area (Å²) in [6.07, 6.45) is 2.32. The van der Waals surface area contributed by atoms with E-state index in [4.69, 9.17) is 4.74 Å². The number of fused-ring (bicyclic) bond motifs is 1. The number of carbonyl (C=O) groups is 1. The Kier molecular flexibility index (Phi) is 4.75. The van der Waals surface area contributed by atoms with Crippen LogP contribution < -0.4 is 9.64 Å². The molecular formula is C22H22N4O2S. The van der Waals surface area contributed by atoms with Gasteiger partial charge in [-0.2, -0.15) is 0 Å². The molecule has 2 heterocycles. The average Bonchev–Trinajstić information content (AvgIpc) is 3.53. The Hall–Kier alpha value is -2.80. The van der Waals surface area contributed by atoms with E-state index in [1.165, 1.54) is 11.8 Å². The smallest absolute Gasteiger partial charge is 0.238 e. The van der Waals surface area contributed by atoms with E-state index < -0.39 is 0 Å². The maximum atomic E-state index is 13.4. The highest BCUT2D eigenvalue weighted by molar-refractivity contribution is 7.99. The minimum Gasteiger partial charge on any atom is -0.489 e. The van der Waals surface area contributed by atoms with Gasteiger partial charge in [-0.1, -0.05) is 54.2 Å². The van der Waals surface area contributed by atoms with Crippen molar-refractivity contribution in [3.8, 4) is 5.75 Å². The second kappa shape index (κ2) is 7.55. The molecule has 6 nitrogen and oxygen atoms in total. The summed E-state index contributed by atoms with van der Waals surface area (Å²) in [7, 11) is 0. The van der Waals surface area contributed by atoms with Crippen molar-refractivity contribution in [3.63, 3.8) is 0 Å². The molecule has 1 aliphatic heterocycles. The molecule has 0 N–H and O–H groups in total. The predicted octanol–water partition coefficient (Wildman–Crippen LogP) is 4.18. The van der Waals surface area contributed by atoms with Crippen LogP contribution in [0.5, 0.6) is 5.75 Å². The molecule has 1 amide bonds. The Morgan fingerprint density at radius 1 is 1.10 bits per heavy atom. The van der Waals surface area contributed by atoms with Gasteiger partial charge >= 0.3 is 0 Å². The number of aromatic nitrogens is 3. The van der Waals surface area contributed by atoms with Crippen LogP contribution in [0.3, 0.4) is 0 Å². The summed E-state index contributed by atoms with van der Waals surface area (Å²) in [5, 5.41) is 9.34. The number of amides is 1. The van der Waals surface area contributed by atoms with Crippen molar-refractivity contribution in [2.75, 3.05) is 17.3 Å². The molecule has 1 fully saturated rings. The average molecular weight is 407 g/mol. The van der Waals surface area contributed by atoms with Crippen LogP contribution in [-0.2, 0) is 4.79 Å². The molecule has 1 aromatic heterocycles. The van der Waals surface area contributed by atoms with Crippen molar-refractivity contribution in [1.29, 1.82) is 0 Å². The van der Waals surface area contributed by atoms with E-state index in [0.717, 1.165) is 40.8 Å². The molecule has 7 heteroatoms. The third-order valence-corrected chi connectivity index (χ3v) is 6.29.